The molecule has 0 saturated heterocycles. The summed E-state index contributed by atoms with van der Waals surface area (Å²) in [6, 6.07) is 0. The minimum absolute atomic E-state index is 0.931. The first-order valence-corrected chi connectivity index (χ1v) is 4.18. The van der Waals surface area contributed by atoms with Crippen LogP contribution in [0.3, 0.4) is 0 Å². The van der Waals surface area contributed by atoms with Gasteiger partial charge < -0.3 is 10.2 Å². The van der Waals surface area contributed by atoms with Crippen LogP contribution in [0.2, 0.25) is 0 Å². The van der Waals surface area contributed by atoms with Crippen molar-refractivity contribution < 1.29 is 0 Å². The minimum Gasteiger partial charge on any atom is -0.357 e. The van der Waals surface area contributed by atoms with Crippen LogP contribution in [-0.2, 0) is 0 Å². The van der Waals surface area contributed by atoms with Crippen LogP contribution in [0, 0.1) is 0 Å². The number of hydrogen-bond donors (Lipinski definition) is 1. The molecule has 66 valence electrons. The monoisotopic (exact) mass is 157 g/mol. The highest BCUT2D eigenvalue weighted by molar-refractivity contribution is 5.79. The van der Waals surface area contributed by atoms with Crippen LogP contribution >= 0.6 is 0 Å². The Morgan fingerprint density at radius 2 is 2.09 bits per heavy atom. The van der Waals surface area contributed by atoms with Gasteiger partial charge in [0.1, 0.15) is 0 Å². The molecule has 0 heterocycles. The molecule has 0 spiro atoms. The van der Waals surface area contributed by atoms with Crippen molar-refractivity contribution in [3.8, 4) is 0 Å². The Morgan fingerprint density at radius 1 is 1.45 bits per heavy atom. The fourth-order valence-corrected chi connectivity index (χ4v) is 0.984. The fraction of sp³-hybridized carbons (Fsp3) is 0.875. The summed E-state index contributed by atoms with van der Waals surface area (Å²) in [6.07, 6.45) is 1.15. The van der Waals surface area contributed by atoms with Crippen molar-refractivity contribution in [2.45, 2.75) is 20.3 Å². The molecule has 0 saturated carbocycles. The Bertz CT molecular complexity index is 121. The van der Waals surface area contributed by atoms with Crippen LogP contribution in [0.4, 0.5) is 0 Å². The van der Waals surface area contributed by atoms with E-state index in [2.05, 4.69) is 36.1 Å². The summed E-state index contributed by atoms with van der Waals surface area (Å²) in [4.78, 5) is 6.26. The minimum atomic E-state index is 0.931. The first-order valence-electron chi connectivity index (χ1n) is 4.18. The van der Waals surface area contributed by atoms with Crippen molar-refractivity contribution in [2.75, 3.05) is 27.2 Å². The first kappa shape index (κ1) is 10.3. The lowest BCUT2D eigenvalue weighted by Crippen LogP contribution is -2.38. The highest BCUT2D eigenvalue weighted by Gasteiger charge is 2.00. The second kappa shape index (κ2) is 6.01. The van der Waals surface area contributed by atoms with Crippen LogP contribution in [0.15, 0.2) is 4.99 Å². The summed E-state index contributed by atoms with van der Waals surface area (Å²) < 4.78 is 0. The molecule has 1 N–H and O–H groups in total. The third-order valence-electron chi connectivity index (χ3n) is 1.47. The van der Waals surface area contributed by atoms with E-state index in [1.165, 1.54) is 0 Å². The largest absolute Gasteiger partial charge is 0.357 e. The number of guanidine groups is 1. The van der Waals surface area contributed by atoms with Crippen LogP contribution < -0.4 is 5.32 Å². The third-order valence-corrected chi connectivity index (χ3v) is 1.47. The van der Waals surface area contributed by atoms with E-state index in [4.69, 9.17) is 0 Å². The van der Waals surface area contributed by atoms with Gasteiger partial charge in [-0.3, -0.25) is 4.99 Å². The summed E-state index contributed by atoms with van der Waals surface area (Å²) in [5, 5.41) is 3.19. The molecule has 0 aromatic rings. The molecule has 0 aliphatic rings. The highest BCUT2D eigenvalue weighted by atomic mass is 15.3. The average Bonchev–Trinajstić information content (AvgIpc) is 2.00. The van der Waals surface area contributed by atoms with Gasteiger partial charge in [0.25, 0.3) is 0 Å². The van der Waals surface area contributed by atoms with Crippen molar-refractivity contribution >= 4 is 5.96 Å². The van der Waals surface area contributed by atoms with Crippen LogP contribution in [0.1, 0.15) is 20.3 Å². The molecule has 0 fully saturated rings. The lowest BCUT2D eigenvalue weighted by atomic mass is 10.4. The summed E-state index contributed by atoms with van der Waals surface area (Å²) in [5.41, 5.74) is 0. The molecule has 0 atom stereocenters. The molecular weight excluding hydrogens is 138 g/mol. The van der Waals surface area contributed by atoms with Gasteiger partial charge in [-0.25, -0.2) is 0 Å². The molecule has 0 radical (unpaired) electrons. The maximum absolute atomic E-state index is 4.13. The Hall–Kier alpha value is -0.730. The summed E-state index contributed by atoms with van der Waals surface area (Å²) in [5.74, 6) is 0.981. The number of nitrogens with one attached hydrogen (secondary N) is 1. The zero-order valence-corrected chi connectivity index (χ0v) is 8.02. The zero-order valence-electron chi connectivity index (χ0n) is 8.02. The molecule has 11 heavy (non-hydrogen) atoms. The van der Waals surface area contributed by atoms with Crippen LogP contribution in [0.25, 0.3) is 0 Å². The van der Waals surface area contributed by atoms with E-state index in [0.717, 1.165) is 25.5 Å². The normalized spacial score (nSPS) is 11.5. The van der Waals surface area contributed by atoms with Gasteiger partial charge in [0, 0.05) is 27.2 Å². The Morgan fingerprint density at radius 3 is 2.45 bits per heavy atom. The molecule has 0 amide bonds. The number of hydrogen-bond acceptors (Lipinski definition) is 1. The lowest BCUT2D eigenvalue weighted by molar-refractivity contribution is 0.481. The molecule has 3 nitrogen and oxygen atoms in total. The predicted molar refractivity (Wildman–Crippen MR) is 50.0 cm³/mol. The van der Waals surface area contributed by atoms with E-state index in [1.807, 2.05) is 7.05 Å². The summed E-state index contributed by atoms with van der Waals surface area (Å²) in [7, 11) is 3.86. The first-order chi connectivity index (χ1) is 5.26. The maximum Gasteiger partial charge on any atom is 0.193 e. The third kappa shape index (κ3) is 3.86. The topological polar surface area (TPSA) is 27.6 Å². The van der Waals surface area contributed by atoms with Gasteiger partial charge in [-0.1, -0.05) is 6.92 Å². The molecule has 0 aliphatic heterocycles. The average molecular weight is 157 g/mol. The molecule has 3 heteroatoms. The lowest BCUT2D eigenvalue weighted by Gasteiger charge is -2.20. The molecular formula is C8H19N3. The highest BCUT2D eigenvalue weighted by Crippen LogP contribution is 1.86. The Balaban J connectivity index is 3.82. The molecule has 0 rings (SSSR count). The molecule has 0 aromatic heterocycles. The molecule has 0 aromatic carbocycles. The Labute approximate surface area is 69.5 Å². The smallest absolute Gasteiger partial charge is 0.193 e. The predicted octanol–water partition coefficient (Wildman–Crippen LogP) is 0.923. The number of rotatable bonds is 3. The zero-order chi connectivity index (χ0) is 8.69. The standard InChI is InChI=1S/C8H19N3/c1-5-7-11(4)8(9-3)10-6-2/h5-7H2,1-4H3,(H,9,10). The van der Waals surface area contributed by atoms with Gasteiger partial charge in [-0.2, -0.15) is 0 Å². The quantitative estimate of drug-likeness (QED) is 0.487. The number of nitrogens with zero attached hydrogens (tertiary/aromatic N) is 2. The van der Waals surface area contributed by atoms with Crippen LogP contribution in [0.5, 0.6) is 0 Å². The fourth-order valence-electron chi connectivity index (χ4n) is 0.984. The summed E-state index contributed by atoms with van der Waals surface area (Å²) in [6.45, 7) is 6.22. The van der Waals surface area contributed by atoms with E-state index in [0.29, 0.717) is 0 Å². The van der Waals surface area contributed by atoms with Crippen molar-refractivity contribution in [3.05, 3.63) is 0 Å². The second-order valence-corrected chi connectivity index (χ2v) is 2.50. The van der Waals surface area contributed by atoms with Gasteiger partial charge >= 0.3 is 0 Å². The van der Waals surface area contributed by atoms with Gasteiger partial charge in [0.05, 0.1) is 0 Å². The van der Waals surface area contributed by atoms with E-state index >= 15 is 0 Å². The van der Waals surface area contributed by atoms with Crippen molar-refractivity contribution in [1.82, 2.24) is 10.2 Å². The van der Waals surface area contributed by atoms with E-state index < -0.39 is 0 Å². The second-order valence-electron chi connectivity index (χ2n) is 2.50. The van der Waals surface area contributed by atoms with Gasteiger partial charge in [-0.15, -0.1) is 0 Å². The van der Waals surface area contributed by atoms with Crippen molar-refractivity contribution in [2.24, 2.45) is 4.99 Å². The summed E-state index contributed by atoms with van der Waals surface area (Å²) >= 11 is 0. The Kier molecular flexibility index (Phi) is 5.61. The van der Waals surface area contributed by atoms with E-state index in [9.17, 15) is 0 Å². The molecule has 0 bridgehead atoms. The molecule has 0 unspecified atom stereocenters. The number of aliphatic imine (C=N–C) groups is 1. The van der Waals surface area contributed by atoms with E-state index in [-0.39, 0.29) is 0 Å². The van der Waals surface area contributed by atoms with Crippen LogP contribution in [-0.4, -0.2) is 38.0 Å². The van der Waals surface area contributed by atoms with Gasteiger partial charge in [0.2, 0.25) is 0 Å². The van der Waals surface area contributed by atoms with Crippen molar-refractivity contribution in [3.63, 3.8) is 0 Å². The van der Waals surface area contributed by atoms with E-state index in [1.54, 1.807) is 0 Å². The molecule has 0 aliphatic carbocycles. The van der Waals surface area contributed by atoms with Gasteiger partial charge in [-0.05, 0) is 13.3 Å². The maximum atomic E-state index is 4.13. The van der Waals surface area contributed by atoms with Crippen molar-refractivity contribution in [1.29, 1.82) is 0 Å². The van der Waals surface area contributed by atoms with Gasteiger partial charge in [0.15, 0.2) is 5.96 Å². The SMILES string of the molecule is CCCN(C)C(=NC)NCC.